The molecule has 0 saturated heterocycles. The molecule has 1 aromatic heterocycles. The van der Waals surface area contributed by atoms with Gasteiger partial charge in [-0.2, -0.15) is 4.68 Å². The Labute approximate surface area is 133 Å². The lowest BCUT2D eigenvalue weighted by Gasteiger charge is -2.09. The molecular formula is C18H19N3O2. The Kier molecular flexibility index (Phi) is 4.02. The molecule has 5 nitrogen and oxygen atoms in total. The standard InChI is InChI=1S/C18H19N3O2/c1-3-13-8-4-5-9-14(13)11-19-18(23)21-17(22)16-12(2)7-6-10-15(16)20-21/h4-10,20H,3,11H2,1-2H3,(H,19,23). The van der Waals surface area contributed by atoms with Gasteiger partial charge < -0.3 is 5.32 Å². The maximum Gasteiger partial charge on any atom is 0.343 e. The van der Waals surface area contributed by atoms with E-state index in [0.717, 1.165) is 22.2 Å². The van der Waals surface area contributed by atoms with E-state index in [-0.39, 0.29) is 5.56 Å². The van der Waals surface area contributed by atoms with Crippen LogP contribution in [0.1, 0.15) is 23.6 Å². The number of fused-ring (bicyclic) bond motifs is 1. The summed E-state index contributed by atoms with van der Waals surface area (Å²) < 4.78 is 1.03. The Morgan fingerprint density at radius 1 is 1.13 bits per heavy atom. The molecule has 0 aliphatic rings. The Bertz CT molecular complexity index is 921. The van der Waals surface area contributed by atoms with E-state index >= 15 is 0 Å². The minimum absolute atomic E-state index is 0.320. The van der Waals surface area contributed by atoms with E-state index in [4.69, 9.17) is 0 Å². The molecule has 0 unspecified atom stereocenters. The van der Waals surface area contributed by atoms with Crippen LogP contribution in [-0.2, 0) is 13.0 Å². The van der Waals surface area contributed by atoms with E-state index < -0.39 is 6.03 Å². The van der Waals surface area contributed by atoms with Crippen LogP contribution in [0.5, 0.6) is 0 Å². The smallest absolute Gasteiger partial charge is 0.332 e. The molecule has 0 bridgehead atoms. The molecule has 5 heteroatoms. The second-order valence-electron chi connectivity index (χ2n) is 5.53. The Hall–Kier alpha value is -2.82. The summed E-state index contributed by atoms with van der Waals surface area (Å²) in [6, 6.07) is 13.0. The first-order valence-electron chi connectivity index (χ1n) is 7.67. The van der Waals surface area contributed by atoms with Gasteiger partial charge in [0.05, 0.1) is 10.9 Å². The molecular weight excluding hydrogens is 290 g/mol. The molecule has 3 rings (SSSR count). The number of hydrogen-bond donors (Lipinski definition) is 2. The fraction of sp³-hybridized carbons (Fsp3) is 0.222. The fourth-order valence-corrected chi connectivity index (χ4v) is 2.80. The summed E-state index contributed by atoms with van der Waals surface area (Å²) in [5.41, 5.74) is 3.45. The SMILES string of the molecule is CCc1ccccc1CNC(=O)n1[nH]c2cccc(C)c2c1=O. The molecule has 0 aliphatic carbocycles. The fourth-order valence-electron chi connectivity index (χ4n) is 2.80. The maximum atomic E-state index is 12.4. The minimum Gasteiger partial charge on any atom is -0.332 e. The van der Waals surface area contributed by atoms with Gasteiger partial charge in [-0.15, -0.1) is 0 Å². The van der Waals surface area contributed by atoms with Crippen LogP contribution < -0.4 is 10.9 Å². The number of aryl methyl sites for hydroxylation is 2. The normalized spacial score (nSPS) is 10.9. The zero-order valence-corrected chi connectivity index (χ0v) is 13.2. The van der Waals surface area contributed by atoms with Gasteiger partial charge in [0, 0.05) is 6.54 Å². The van der Waals surface area contributed by atoms with Gasteiger partial charge in [-0.25, -0.2) is 4.79 Å². The van der Waals surface area contributed by atoms with E-state index in [0.29, 0.717) is 17.4 Å². The van der Waals surface area contributed by atoms with Crippen LogP contribution in [0.25, 0.3) is 10.9 Å². The minimum atomic E-state index is -0.448. The first-order valence-corrected chi connectivity index (χ1v) is 7.67. The predicted octanol–water partition coefficient (Wildman–Crippen LogP) is 2.96. The van der Waals surface area contributed by atoms with E-state index in [1.54, 1.807) is 6.07 Å². The molecule has 1 heterocycles. The van der Waals surface area contributed by atoms with Gasteiger partial charge >= 0.3 is 6.03 Å². The quantitative estimate of drug-likeness (QED) is 0.781. The number of rotatable bonds is 3. The summed E-state index contributed by atoms with van der Waals surface area (Å²) in [7, 11) is 0. The van der Waals surface area contributed by atoms with Crippen molar-refractivity contribution in [3.63, 3.8) is 0 Å². The van der Waals surface area contributed by atoms with Gasteiger partial charge in [0.25, 0.3) is 5.56 Å². The van der Waals surface area contributed by atoms with Crippen LogP contribution in [0.4, 0.5) is 4.79 Å². The molecule has 2 N–H and O–H groups in total. The van der Waals surface area contributed by atoms with Gasteiger partial charge in [-0.1, -0.05) is 43.3 Å². The topological polar surface area (TPSA) is 66.9 Å². The van der Waals surface area contributed by atoms with Crippen molar-refractivity contribution in [2.75, 3.05) is 0 Å². The lowest BCUT2D eigenvalue weighted by Crippen LogP contribution is -2.35. The molecule has 1 amide bonds. The van der Waals surface area contributed by atoms with E-state index in [1.807, 2.05) is 43.3 Å². The average Bonchev–Trinajstić information content (AvgIpc) is 2.91. The van der Waals surface area contributed by atoms with Crippen molar-refractivity contribution in [1.82, 2.24) is 15.1 Å². The molecule has 0 fully saturated rings. The first-order chi connectivity index (χ1) is 11.1. The van der Waals surface area contributed by atoms with Gasteiger partial charge in [-0.05, 0) is 36.1 Å². The zero-order valence-electron chi connectivity index (χ0n) is 13.2. The van der Waals surface area contributed by atoms with Crippen molar-refractivity contribution in [3.05, 3.63) is 69.5 Å². The second-order valence-corrected chi connectivity index (χ2v) is 5.53. The molecule has 3 aromatic rings. The number of nitrogens with one attached hydrogen (secondary N) is 2. The first kappa shape index (κ1) is 15.1. The second kappa shape index (κ2) is 6.12. The van der Waals surface area contributed by atoms with Gasteiger partial charge in [-0.3, -0.25) is 9.89 Å². The van der Waals surface area contributed by atoms with Crippen LogP contribution in [0, 0.1) is 6.92 Å². The average molecular weight is 309 g/mol. The van der Waals surface area contributed by atoms with Crippen molar-refractivity contribution in [2.24, 2.45) is 0 Å². The Morgan fingerprint density at radius 2 is 1.87 bits per heavy atom. The molecule has 0 radical (unpaired) electrons. The van der Waals surface area contributed by atoms with E-state index in [9.17, 15) is 9.59 Å². The lowest BCUT2D eigenvalue weighted by atomic mass is 10.1. The van der Waals surface area contributed by atoms with Crippen molar-refractivity contribution >= 4 is 16.9 Å². The van der Waals surface area contributed by atoms with Gasteiger partial charge in [0.15, 0.2) is 0 Å². The zero-order chi connectivity index (χ0) is 16.4. The summed E-state index contributed by atoms with van der Waals surface area (Å²) in [6.07, 6.45) is 0.900. The molecule has 0 atom stereocenters. The number of nitrogens with zero attached hydrogens (tertiary/aromatic N) is 1. The van der Waals surface area contributed by atoms with Crippen molar-refractivity contribution in [2.45, 2.75) is 26.8 Å². The van der Waals surface area contributed by atoms with Crippen LogP contribution in [0.3, 0.4) is 0 Å². The van der Waals surface area contributed by atoms with E-state index in [1.165, 1.54) is 5.56 Å². The summed E-state index contributed by atoms with van der Waals surface area (Å²) >= 11 is 0. The third kappa shape index (κ3) is 2.77. The van der Waals surface area contributed by atoms with E-state index in [2.05, 4.69) is 17.3 Å². The predicted molar refractivity (Wildman–Crippen MR) is 90.7 cm³/mol. The number of aromatic nitrogens is 2. The van der Waals surface area contributed by atoms with Gasteiger partial charge in [0.1, 0.15) is 0 Å². The largest absolute Gasteiger partial charge is 0.343 e. The number of benzene rings is 2. The highest BCUT2D eigenvalue weighted by molar-refractivity contribution is 5.86. The van der Waals surface area contributed by atoms with Crippen LogP contribution in [0.15, 0.2) is 47.3 Å². The Balaban J connectivity index is 1.86. The number of H-pyrrole nitrogens is 1. The highest BCUT2D eigenvalue weighted by Crippen LogP contribution is 2.12. The van der Waals surface area contributed by atoms with Crippen LogP contribution in [-0.4, -0.2) is 15.8 Å². The molecule has 0 saturated carbocycles. The van der Waals surface area contributed by atoms with Crippen molar-refractivity contribution < 1.29 is 4.79 Å². The molecule has 0 spiro atoms. The summed E-state index contributed by atoms with van der Waals surface area (Å²) in [6.45, 7) is 4.33. The van der Waals surface area contributed by atoms with Crippen molar-refractivity contribution in [3.8, 4) is 0 Å². The van der Waals surface area contributed by atoms with Crippen molar-refractivity contribution in [1.29, 1.82) is 0 Å². The number of hydrogen-bond acceptors (Lipinski definition) is 2. The number of carbonyl (C=O) groups excluding carboxylic acids is 1. The third-order valence-corrected chi connectivity index (χ3v) is 4.05. The van der Waals surface area contributed by atoms with Crippen LogP contribution >= 0.6 is 0 Å². The lowest BCUT2D eigenvalue weighted by molar-refractivity contribution is 0.238. The number of amides is 1. The highest BCUT2D eigenvalue weighted by Gasteiger charge is 2.14. The molecule has 118 valence electrons. The Morgan fingerprint density at radius 3 is 2.57 bits per heavy atom. The van der Waals surface area contributed by atoms with Gasteiger partial charge in [0.2, 0.25) is 0 Å². The third-order valence-electron chi connectivity index (χ3n) is 4.05. The summed E-state index contributed by atoms with van der Waals surface area (Å²) in [5.74, 6) is 0. The molecule has 2 aromatic carbocycles. The number of aromatic amines is 1. The van der Waals surface area contributed by atoms with Crippen LogP contribution in [0.2, 0.25) is 0 Å². The molecule has 0 aliphatic heterocycles. The summed E-state index contributed by atoms with van der Waals surface area (Å²) in [5, 5.41) is 6.22. The number of carbonyl (C=O) groups is 1. The molecule has 23 heavy (non-hydrogen) atoms. The monoisotopic (exact) mass is 309 g/mol. The maximum absolute atomic E-state index is 12.4. The highest BCUT2D eigenvalue weighted by atomic mass is 16.2. The summed E-state index contributed by atoms with van der Waals surface area (Å²) in [4.78, 5) is 24.7.